The largest absolute Gasteiger partial charge is 0.550 e. The lowest BCUT2D eigenvalue weighted by atomic mass is 10.3. The van der Waals surface area contributed by atoms with E-state index in [0.717, 1.165) is 6.92 Å². The summed E-state index contributed by atoms with van der Waals surface area (Å²) >= 11 is 0. The van der Waals surface area contributed by atoms with Gasteiger partial charge in [-0.25, -0.2) is 0 Å². The normalized spacial score (nSPS) is 10.7. The van der Waals surface area contributed by atoms with Crippen LogP contribution in [0.4, 0.5) is 0 Å². The topological polar surface area (TPSA) is 40.1 Å². The third-order valence-electron chi connectivity index (χ3n) is 1.91. The lowest BCUT2D eigenvalue weighted by Crippen LogP contribution is -2.16. The van der Waals surface area contributed by atoms with E-state index in [1.54, 1.807) is 0 Å². The Morgan fingerprint density at radius 2 is 1.46 bits per heavy atom. The summed E-state index contributed by atoms with van der Waals surface area (Å²) in [4.78, 5) is 8.89. The first-order valence-electron chi connectivity index (χ1n) is 4.78. The van der Waals surface area contributed by atoms with E-state index in [-0.39, 0.29) is 7.92 Å². The molecule has 0 aromatic carbocycles. The van der Waals surface area contributed by atoms with Crippen molar-refractivity contribution >= 4 is 13.9 Å². The molecule has 0 aromatic rings. The molecule has 0 saturated carbocycles. The minimum Gasteiger partial charge on any atom is -0.550 e. The quantitative estimate of drug-likeness (QED) is 0.646. The zero-order chi connectivity index (χ0) is 11.1. The second-order valence-electron chi connectivity index (χ2n) is 4.05. The highest BCUT2D eigenvalue weighted by Gasteiger charge is 2.27. The number of carbonyl (C=O) groups excluding carboxylic acids is 1. The Labute approximate surface area is 83.5 Å². The third kappa shape index (κ3) is 11.9. The summed E-state index contributed by atoms with van der Waals surface area (Å²) < 4.78 is 0. The van der Waals surface area contributed by atoms with E-state index in [0.29, 0.717) is 5.16 Å². The predicted molar refractivity (Wildman–Crippen MR) is 59.8 cm³/mol. The van der Waals surface area contributed by atoms with Crippen LogP contribution in [0.3, 0.4) is 0 Å². The molecular formula is C10H23O2P. The van der Waals surface area contributed by atoms with Gasteiger partial charge < -0.3 is 9.90 Å². The Balaban J connectivity index is 0. The number of carbonyl (C=O) groups is 1. The Morgan fingerprint density at radius 3 is 1.46 bits per heavy atom. The van der Waals surface area contributed by atoms with E-state index in [4.69, 9.17) is 9.90 Å². The highest BCUT2D eigenvalue weighted by molar-refractivity contribution is 7.59. The molecule has 0 atom stereocenters. The number of aliphatic carboxylic acids is 1. The molecule has 0 bridgehead atoms. The third-order valence-corrected chi connectivity index (χ3v) is 5.74. The van der Waals surface area contributed by atoms with E-state index in [2.05, 4.69) is 34.6 Å². The molecule has 0 aromatic heterocycles. The van der Waals surface area contributed by atoms with E-state index < -0.39 is 5.97 Å². The van der Waals surface area contributed by atoms with Gasteiger partial charge in [0.1, 0.15) is 0 Å². The zero-order valence-electron chi connectivity index (χ0n) is 9.73. The highest BCUT2D eigenvalue weighted by atomic mass is 31.1. The van der Waals surface area contributed by atoms with Crippen LogP contribution >= 0.6 is 7.92 Å². The first-order chi connectivity index (χ1) is 5.75. The number of hydrogen-bond donors (Lipinski definition) is 0. The molecule has 0 fully saturated rings. The fourth-order valence-electron chi connectivity index (χ4n) is 1.31. The first-order valence-corrected chi connectivity index (χ1v) is 6.69. The predicted octanol–water partition coefficient (Wildman–Crippen LogP) is 1.80. The van der Waals surface area contributed by atoms with Gasteiger partial charge in [-0.15, -0.1) is 0 Å². The fourth-order valence-corrected chi connectivity index (χ4v) is 3.93. The highest BCUT2D eigenvalue weighted by Crippen LogP contribution is 2.48. The van der Waals surface area contributed by atoms with Crippen molar-refractivity contribution in [3.63, 3.8) is 0 Å². The second-order valence-corrected chi connectivity index (χ2v) is 8.17. The SMILES string of the molecule is CC(=O)[O-].CC[PH+](CC)C(C)(C)C. The maximum Gasteiger partial charge on any atom is 0.0693 e. The average Bonchev–Trinajstić information content (AvgIpc) is 1.85. The van der Waals surface area contributed by atoms with Crippen molar-refractivity contribution in [1.29, 1.82) is 0 Å². The van der Waals surface area contributed by atoms with Crippen molar-refractivity contribution in [2.45, 2.75) is 46.7 Å². The number of carboxylic acids is 1. The van der Waals surface area contributed by atoms with E-state index >= 15 is 0 Å². The van der Waals surface area contributed by atoms with E-state index in [1.807, 2.05) is 0 Å². The van der Waals surface area contributed by atoms with E-state index in [9.17, 15) is 0 Å². The number of rotatable bonds is 2. The summed E-state index contributed by atoms with van der Waals surface area (Å²) in [6.07, 6.45) is 2.84. The summed E-state index contributed by atoms with van der Waals surface area (Å²) in [5, 5.41) is 9.51. The van der Waals surface area contributed by atoms with Crippen LogP contribution < -0.4 is 5.11 Å². The monoisotopic (exact) mass is 206 g/mol. The van der Waals surface area contributed by atoms with Gasteiger partial charge in [-0.05, 0) is 41.5 Å². The zero-order valence-corrected chi connectivity index (χ0v) is 10.7. The molecule has 0 N–H and O–H groups in total. The maximum absolute atomic E-state index is 8.89. The molecule has 80 valence electrons. The molecular weight excluding hydrogens is 183 g/mol. The summed E-state index contributed by atoms with van der Waals surface area (Å²) in [5.41, 5.74) is 0. The minimum atomic E-state index is -1.08. The molecule has 0 unspecified atom stereocenters. The molecule has 0 rings (SSSR count). The van der Waals surface area contributed by atoms with Crippen LogP contribution in [0.1, 0.15) is 41.5 Å². The maximum atomic E-state index is 8.89. The van der Waals surface area contributed by atoms with Crippen LogP contribution in [-0.4, -0.2) is 23.4 Å². The van der Waals surface area contributed by atoms with E-state index in [1.165, 1.54) is 12.3 Å². The molecule has 0 aliphatic heterocycles. The molecule has 2 nitrogen and oxygen atoms in total. The standard InChI is InChI=1S/C8H19P.C2H4O2/c1-6-9(7-2)8(3,4)5;1-2(3)4/h6-7H2,1-5H3;1H3,(H,3,4). The van der Waals surface area contributed by atoms with Crippen molar-refractivity contribution in [2.24, 2.45) is 0 Å². The van der Waals surface area contributed by atoms with Gasteiger partial charge in [0.15, 0.2) is 0 Å². The molecule has 0 amide bonds. The van der Waals surface area contributed by atoms with Gasteiger partial charge in [0.05, 0.1) is 17.5 Å². The molecule has 0 saturated heterocycles. The van der Waals surface area contributed by atoms with Gasteiger partial charge in [0.2, 0.25) is 0 Å². The number of hydrogen-bond acceptors (Lipinski definition) is 2. The van der Waals surface area contributed by atoms with Crippen LogP contribution in [0.15, 0.2) is 0 Å². The van der Waals surface area contributed by atoms with Crippen molar-refractivity contribution < 1.29 is 9.90 Å². The van der Waals surface area contributed by atoms with Gasteiger partial charge in [0, 0.05) is 13.9 Å². The summed E-state index contributed by atoms with van der Waals surface area (Å²) in [7, 11) is -0.0388. The fraction of sp³-hybridized carbons (Fsp3) is 0.900. The van der Waals surface area contributed by atoms with Gasteiger partial charge in [-0.2, -0.15) is 0 Å². The summed E-state index contributed by atoms with van der Waals surface area (Å²) in [6, 6.07) is 0. The van der Waals surface area contributed by atoms with Crippen LogP contribution in [0.5, 0.6) is 0 Å². The Hall–Kier alpha value is -0.100. The van der Waals surface area contributed by atoms with Crippen molar-refractivity contribution in [2.75, 3.05) is 12.3 Å². The molecule has 0 aliphatic rings. The molecule has 0 aliphatic carbocycles. The van der Waals surface area contributed by atoms with Gasteiger partial charge in [0.25, 0.3) is 0 Å². The Kier molecular flexibility index (Phi) is 8.65. The lowest BCUT2D eigenvalue weighted by Gasteiger charge is -2.21. The summed E-state index contributed by atoms with van der Waals surface area (Å²) in [6.45, 7) is 12.7. The average molecular weight is 206 g/mol. The van der Waals surface area contributed by atoms with Gasteiger partial charge in [-0.1, -0.05) is 0 Å². The van der Waals surface area contributed by atoms with Crippen LogP contribution in [0, 0.1) is 0 Å². The molecule has 0 heterocycles. The van der Waals surface area contributed by atoms with Crippen molar-refractivity contribution in [3.05, 3.63) is 0 Å². The molecule has 13 heavy (non-hydrogen) atoms. The van der Waals surface area contributed by atoms with Gasteiger partial charge in [-0.3, -0.25) is 0 Å². The smallest absolute Gasteiger partial charge is 0.0693 e. The molecule has 0 spiro atoms. The van der Waals surface area contributed by atoms with Crippen molar-refractivity contribution in [3.8, 4) is 0 Å². The van der Waals surface area contributed by atoms with Gasteiger partial charge >= 0.3 is 0 Å². The Bertz CT molecular complexity index is 130. The molecule has 3 heteroatoms. The van der Waals surface area contributed by atoms with Crippen LogP contribution in [0.25, 0.3) is 0 Å². The number of carboxylic acid groups (broad SMARTS) is 1. The summed E-state index contributed by atoms with van der Waals surface area (Å²) in [5.74, 6) is -1.08. The Morgan fingerprint density at radius 1 is 1.23 bits per heavy atom. The second kappa shape index (κ2) is 7.32. The van der Waals surface area contributed by atoms with Crippen molar-refractivity contribution in [1.82, 2.24) is 0 Å². The van der Waals surface area contributed by atoms with Crippen LogP contribution in [-0.2, 0) is 4.79 Å². The molecule has 0 radical (unpaired) electrons. The first kappa shape index (κ1) is 15.4. The van der Waals surface area contributed by atoms with Crippen LogP contribution in [0.2, 0.25) is 0 Å². The minimum absolute atomic E-state index is 0.0388. The lowest BCUT2D eigenvalue weighted by molar-refractivity contribution is -0.302.